The van der Waals surface area contributed by atoms with E-state index in [0.717, 1.165) is 5.56 Å². The Morgan fingerprint density at radius 1 is 1.00 bits per heavy atom. The number of para-hydroxylation sites is 1. The second kappa shape index (κ2) is 8.41. The maximum atomic E-state index is 13.2. The summed E-state index contributed by atoms with van der Waals surface area (Å²) in [5, 5.41) is 3.83. The van der Waals surface area contributed by atoms with Crippen molar-refractivity contribution in [2.75, 3.05) is 5.32 Å². The molecule has 0 unspecified atom stereocenters. The number of fused-ring (bicyclic) bond motifs is 1. The first-order valence-corrected chi connectivity index (χ1v) is 9.75. The van der Waals surface area contributed by atoms with Crippen LogP contribution in [0.1, 0.15) is 26.3 Å². The highest BCUT2D eigenvalue weighted by Crippen LogP contribution is 2.18. The summed E-state index contributed by atoms with van der Waals surface area (Å²) in [6, 6.07) is 18.4. The van der Waals surface area contributed by atoms with Crippen LogP contribution in [-0.4, -0.2) is 21.4 Å². The molecule has 2 aromatic heterocycles. The van der Waals surface area contributed by atoms with Gasteiger partial charge in [-0.05, 0) is 48.0 Å². The SMILES string of the molecule is NC(=O)c1ccccc1NC(=O)c1cc2cccnc2n(Cc2ccc(Cl)cc2)c1=O. The van der Waals surface area contributed by atoms with Gasteiger partial charge < -0.3 is 11.1 Å². The Morgan fingerprint density at radius 2 is 1.74 bits per heavy atom. The van der Waals surface area contributed by atoms with Gasteiger partial charge in [0.2, 0.25) is 0 Å². The number of carbonyl (C=O) groups excluding carboxylic acids is 2. The quantitative estimate of drug-likeness (QED) is 0.503. The van der Waals surface area contributed by atoms with E-state index in [1.54, 1.807) is 60.8 Å². The Bertz CT molecular complexity index is 1360. The minimum absolute atomic E-state index is 0.0752. The Morgan fingerprint density at radius 3 is 2.48 bits per heavy atom. The smallest absolute Gasteiger partial charge is 0.265 e. The molecule has 2 heterocycles. The highest BCUT2D eigenvalue weighted by Gasteiger charge is 2.18. The maximum absolute atomic E-state index is 13.2. The van der Waals surface area contributed by atoms with E-state index >= 15 is 0 Å². The number of benzene rings is 2. The summed E-state index contributed by atoms with van der Waals surface area (Å²) in [5.41, 5.74) is 6.47. The molecule has 0 fully saturated rings. The molecule has 0 aliphatic carbocycles. The predicted octanol–water partition coefficient (Wildman–Crippen LogP) is 3.45. The molecule has 8 heteroatoms. The summed E-state index contributed by atoms with van der Waals surface area (Å²) in [4.78, 5) is 42.2. The van der Waals surface area contributed by atoms with Gasteiger partial charge in [-0.1, -0.05) is 35.9 Å². The summed E-state index contributed by atoms with van der Waals surface area (Å²) < 4.78 is 1.44. The largest absolute Gasteiger partial charge is 0.366 e. The van der Waals surface area contributed by atoms with Crippen molar-refractivity contribution in [2.45, 2.75) is 6.54 Å². The summed E-state index contributed by atoms with van der Waals surface area (Å²) in [6.45, 7) is 0.211. The van der Waals surface area contributed by atoms with Crippen LogP contribution in [-0.2, 0) is 6.54 Å². The van der Waals surface area contributed by atoms with Crippen molar-refractivity contribution in [3.05, 3.63) is 105 Å². The molecule has 31 heavy (non-hydrogen) atoms. The normalized spacial score (nSPS) is 10.7. The van der Waals surface area contributed by atoms with E-state index in [4.69, 9.17) is 17.3 Å². The number of amides is 2. The van der Waals surface area contributed by atoms with E-state index in [1.165, 1.54) is 16.7 Å². The monoisotopic (exact) mass is 432 g/mol. The van der Waals surface area contributed by atoms with Crippen LogP contribution in [0.3, 0.4) is 0 Å². The lowest BCUT2D eigenvalue weighted by Crippen LogP contribution is -2.30. The maximum Gasteiger partial charge on any atom is 0.265 e. The van der Waals surface area contributed by atoms with Gasteiger partial charge in [0.1, 0.15) is 11.2 Å². The molecule has 7 nitrogen and oxygen atoms in total. The molecule has 0 atom stereocenters. The van der Waals surface area contributed by atoms with Crippen LogP contribution in [0, 0.1) is 0 Å². The minimum Gasteiger partial charge on any atom is -0.366 e. The van der Waals surface area contributed by atoms with Gasteiger partial charge >= 0.3 is 0 Å². The number of hydrogen-bond acceptors (Lipinski definition) is 4. The van der Waals surface area contributed by atoms with E-state index in [1.807, 2.05) is 0 Å². The van der Waals surface area contributed by atoms with Crippen LogP contribution in [0.2, 0.25) is 5.02 Å². The fourth-order valence-corrected chi connectivity index (χ4v) is 3.41. The van der Waals surface area contributed by atoms with E-state index in [2.05, 4.69) is 10.3 Å². The van der Waals surface area contributed by atoms with Crippen molar-refractivity contribution in [3.8, 4) is 0 Å². The average Bonchev–Trinajstić information content (AvgIpc) is 2.77. The molecule has 0 saturated heterocycles. The molecule has 0 aliphatic heterocycles. The van der Waals surface area contributed by atoms with Crippen LogP contribution in [0.25, 0.3) is 11.0 Å². The van der Waals surface area contributed by atoms with Crippen molar-refractivity contribution >= 4 is 40.1 Å². The molecule has 4 rings (SSSR count). The Hall–Kier alpha value is -3.97. The van der Waals surface area contributed by atoms with Gasteiger partial charge in [-0.3, -0.25) is 19.0 Å². The van der Waals surface area contributed by atoms with Gasteiger partial charge in [-0.15, -0.1) is 0 Å². The predicted molar refractivity (Wildman–Crippen MR) is 119 cm³/mol. The lowest BCUT2D eigenvalue weighted by molar-refractivity contribution is 0.100. The number of nitrogens with two attached hydrogens (primary N) is 1. The third-order valence-electron chi connectivity index (χ3n) is 4.79. The highest BCUT2D eigenvalue weighted by atomic mass is 35.5. The first-order valence-electron chi connectivity index (χ1n) is 9.37. The van der Waals surface area contributed by atoms with E-state index in [9.17, 15) is 14.4 Å². The van der Waals surface area contributed by atoms with Gasteiger partial charge in [0.25, 0.3) is 17.4 Å². The van der Waals surface area contributed by atoms with Crippen LogP contribution in [0.4, 0.5) is 5.69 Å². The number of aromatic nitrogens is 2. The number of hydrogen-bond donors (Lipinski definition) is 2. The molecule has 154 valence electrons. The molecule has 2 amide bonds. The fourth-order valence-electron chi connectivity index (χ4n) is 3.28. The topological polar surface area (TPSA) is 107 Å². The van der Waals surface area contributed by atoms with Crippen molar-refractivity contribution in [3.63, 3.8) is 0 Å². The number of rotatable bonds is 5. The van der Waals surface area contributed by atoms with E-state index < -0.39 is 17.4 Å². The molecule has 3 N–H and O–H groups in total. The third kappa shape index (κ3) is 4.17. The minimum atomic E-state index is -0.682. The highest BCUT2D eigenvalue weighted by molar-refractivity contribution is 6.30. The summed E-state index contributed by atoms with van der Waals surface area (Å²) in [6.07, 6.45) is 1.59. The number of nitrogens with zero attached hydrogens (tertiary/aromatic N) is 2. The van der Waals surface area contributed by atoms with Crippen molar-refractivity contribution in [1.82, 2.24) is 9.55 Å². The molecule has 0 aliphatic rings. The molecule has 0 spiro atoms. The van der Waals surface area contributed by atoms with Gasteiger partial charge in [0.05, 0.1) is 17.8 Å². The van der Waals surface area contributed by atoms with Gasteiger partial charge in [-0.25, -0.2) is 4.98 Å². The Kier molecular flexibility index (Phi) is 5.51. The van der Waals surface area contributed by atoms with Crippen molar-refractivity contribution < 1.29 is 9.59 Å². The number of primary amides is 1. The molecule has 0 saturated carbocycles. The number of anilines is 1. The lowest BCUT2D eigenvalue weighted by Gasteiger charge is -2.13. The van der Waals surface area contributed by atoms with Crippen molar-refractivity contribution in [1.29, 1.82) is 0 Å². The molecular formula is C23H17ClN4O3. The Balaban J connectivity index is 1.79. The van der Waals surface area contributed by atoms with Gasteiger partial charge in [0, 0.05) is 16.6 Å². The average molecular weight is 433 g/mol. The molecule has 4 aromatic rings. The first kappa shape index (κ1) is 20.3. The Labute approximate surface area is 182 Å². The summed E-state index contributed by atoms with van der Waals surface area (Å²) in [7, 11) is 0. The third-order valence-corrected chi connectivity index (χ3v) is 5.04. The second-order valence-electron chi connectivity index (χ2n) is 6.86. The molecule has 0 radical (unpaired) electrons. The van der Waals surface area contributed by atoms with E-state index in [-0.39, 0.29) is 23.4 Å². The lowest BCUT2D eigenvalue weighted by atomic mass is 10.1. The number of carbonyl (C=O) groups is 2. The van der Waals surface area contributed by atoms with E-state index in [0.29, 0.717) is 16.1 Å². The van der Waals surface area contributed by atoms with Gasteiger partial charge in [-0.2, -0.15) is 0 Å². The fraction of sp³-hybridized carbons (Fsp3) is 0.0435. The second-order valence-corrected chi connectivity index (χ2v) is 7.29. The number of pyridine rings is 2. The zero-order chi connectivity index (χ0) is 22.0. The van der Waals surface area contributed by atoms with Crippen LogP contribution in [0.15, 0.2) is 77.7 Å². The number of nitrogens with one attached hydrogen (secondary N) is 1. The first-order chi connectivity index (χ1) is 14.9. The standard InChI is InChI=1S/C23H17ClN4O3/c24-16-9-7-14(8-10-16)13-28-21-15(4-3-11-26-21)12-18(23(28)31)22(30)27-19-6-2-1-5-17(19)20(25)29/h1-12H,13H2,(H2,25,29)(H,27,30). The van der Waals surface area contributed by atoms with Crippen LogP contribution >= 0.6 is 11.6 Å². The van der Waals surface area contributed by atoms with Crippen LogP contribution < -0.4 is 16.6 Å². The van der Waals surface area contributed by atoms with Crippen LogP contribution in [0.5, 0.6) is 0 Å². The zero-order valence-corrected chi connectivity index (χ0v) is 17.0. The molecule has 2 aromatic carbocycles. The number of halogens is 1. The van der Waals surface area contributed by atoms with Crippen molar-refractivity contribution in [2.24, 2.45) is 5.73 Å². The summed E-state index contributed by atoms with van der Waals surface area (Å²) in [5.74, 6) is -1.33. The van der Waals surface area contributed by atoms with Gasteiger partial charge in [0.15, 0.2) is 0 Å². The summed E-state index contributed by atoms with van der Waals surface area (Å²) >= 11 is 5.95. The molecular weight excluding hydrogens is 416 g/mol. The zero-order valence-electron chi connectivity index (χ0n) is 16.2. The molecule has 0 bridgehead atoms.